The van der Waals surface area contributed by atoms with E-state index in [9.17, 15) is 4.79 Å². The van der Waals surface area contributed by atoms with Crippen molar-refractivity contribution < 1.29 is 9.90 Å². The Morgan fingerprint density at radius 2 is 2.42 bits per heavy atom. The number of carbonyl (C=O) groups is 1. The number of aliphatic hydroxyl groups excluding tert-OH is 1. The normalized spacial score (nSPS) is 9.74. The Balaban J connectivity index is 1.91. The summed E-state index contributed by atoms with van der Waals surface area (Å²) in [5.74, 6) is 5.90. The van der Waals surface area contributed by atoms with Crippen molar-refractivity contribution >= 4 is 17.2 Å². The smallest absolute Gasteiger partial charge is 0.261 e. The number of hydrogen-bond acceptors (Lipinski definition) is 6. The van der Waals surface area contributed by atoms with E-state index in [1.807, 2.05) is 0 Å². The number of nitrogens with one attached hydrogen (secondary N) is 2. The minimum absolute atomic E-state index is 0.0381. The summed E-state index contributed by atoms with van der Waals surface area (Å²) in [4.78, 5) is 13.2. The fraction of sp³-hybridized carbons (Fsp3) is 0.273. The van der Waals surface area contributed by atoms with Crippen LogP contribution in [-0.2, 0) is 6.54 Å². The number of thiophene rings is 1. The molecule has 0 radical (unpaired) electrons. The number of aromatic nitrogens is 4. The van der Waals surface area contributed by atoms with E-state index >= 15 is 0 Å². The van der Waals surface area contributed by atoms with Crippen LogP contribution in [0.1, 0.15) is 26.8 Å². The predicted octanol–water partition coefficient (Wildman–Crippen LogP) is -0.0749. The number of aromatic amines is 1. The Morgan fingerprint density at radius 3 is 3.16 bits per heavy atom. The summed E-state index contributed by atoms with van der Waals surface area (Å²) in [5.41, 5.74) is 0. The van der Waals surface area contributed by atoms with Crippen LogP contribution in [0, 0.1) is 11.8 Å². The van der Waals surface area contributed by atoms with Crippen molar-refractivity contribution in [3.05, 3.63) is 27.7 Å². The van der Waals surface area contributed by atoms with Gasteiger partial charge in [0.15, 0.2) is 5.82 Å². The van der Waals surface area contributed by atoms with Crippen LogP contribution in [-0.4, -0.2) is 38.2 Å². The monoisotopic (exact) mass is 277 g/mol. The van der Waals surface area contributed by atoms with Gasteiger partial charge in [-0.25, -0.2) is 0 Å². The molecule has 1 amide bonds. The van der Waals surface area contributed by atoms with Crippen LogP contribution in [0.3, 0.4) is 0 Å². The molecule has 2 heterocycles. The summed E-state index contributed by atoms with van der Waals surface area (Å²) in [7, 11) is 0. The molecule has 0 saturated carbocycles. The van der Waals surface area contributed by atoms with Crippen LogP contribution in [0.4, 0.5) is 0 Å². The zero-order valence-electron chi connectivity index (χ0n) is 9.88. The molecule has 0 aliphatic heterocycles. The Kier molecular flexibility index (Phi) is 4.60. The molecule has 0 unspecified atom stereocenters. The van der Waals surface area contributed by atoms with Crippen LogP contribution in [0.5, 0.6) is 0 Å². The lowest BCUT2D eigenvalue weighted by atomic mass is 10.4. The highest BCUT2D eigenvalue weighted by Crippen LogP contribution is 2.15. The van der Waals surface area contributed by atoms with Gasteiger partial charge in [0.25, 0.3) is 5.91 Å². The van der Waals surface area contributed by atoms with Crippen LogP contribution in [0.25, 0.3) is 0 Å². The van der Waals surface area contributed by atoms with Gasteiger partial charge in [-0.15, -0.1) is 21.5 Å². The first kappa shape index (κ1) is 13.2. The standard InChI is InChI=1S/C11H11N5O2S/c17-6-2-1-3-8-4-5-9(19-8)11(18)12-7-10-13-15-16-14-10/h4-5,17H,2,6-7H2,(H,12,18)(H,13,14,15,16). The number of carbonyl (C=O) groups excluding carboxylic acids is 1. The van der Waals surface area contributed by atoms with Gasteiger partial charge in [-0.2, -0.15) is 5.21 Å². The number of nitrogens with zero attached hydrogens (tertiary/aromatic N) is 3. The summed E-state index contributed by atoms with van der Waals surface area (Å²) < 4.78 is 0. The third-order valence-corrected chi connectivity index (χ3v) is 3.07. The lowest BCUT2D eigenvalue weighted by Gasteiger charge is -1.98. The fourth-order valence-electron chi connectivity index (χ4n) is 1.24. The van der Waals surface area contributed by atoms with Gasteiger partial charge in [-0.1, -0.05) is 17.1 Å². The molecule has 2 rings (SSSR count). The Morgan fingerprint density at radius 1 is 1.53 bits per heavy atom. The average molecular weight is 277 g/mol. The van der Waals surface area contributed by atoms with Crippen molar-refractivity contribution in [2.45, 2.75) is 13.0 Å². The zero-order chi connectivity index (χ0) is 13.5. The highest BCUT2D eigenvalue weighted by atomic mass is 32.1. The molecule has 3 N–H and O–H groups in total. The second kappa shape index (κ2) is 6.63. The summed E-state index contributed by atoms with van der Waals surface area (Å²) >= 11 is 1.30. The van der Waals surface area contributed by atoms with Crippen molar-refractivity contribution in [2.24, 2.45) is 0 Å². The molecule has 7 nitrogen and oxygen atoms in total. The van der Waals surface area contributed by atoms with Crippen LogP contribution < -0.4 is 5.32 Å². The van der Waals surface area contributed by atoms with Crippen LogP contribution in [0.15, 0.2) is 12.1 Å². The lowest BCUT2D eigenvalue weighted by Crippen LogP contribution is -2.22. The summed E-state index contributed by atoms with van der Waals surface area (Å²) in [6.07, 6.45) is 0.428. The Hall–Kier alpha value is -2.24. The molecule has 19 heavy (non-hydrogen) atoms. The van der Waals surface area contributed by atoms with E-state index in [0.717, 1.165) is 4.88 Å². The molecule has 2 aromatic heterocycles. The molecule has 2 aromatic rings. The zero-order valence-corrected chi connectivity index (χ0v) is 10.7. The second-order valence-electron chi connectivity index (χ2n) is 3.45. The van der Waals surface area contributed by atoms with Crippen molar-refractivity contribution in [1.29, 1.82) is 0 Å². The van der Waals surface area contributed by atoms with E-state index in [1.54, 1.807) is 12.1 Å². The highest BCUT2D eigenvalue weighted by Gasteiger charge is 2.09. The fourth-order valence-corrected chi connectivity index (χ4v) is 2.03. The first-order valence-electron chi connectivity index (χ1n) is 5.49. The van der Waals surface area contributed by atoms with Gasteiger partial charge in [0.05, 0.1) is 22.9 Å². The van der Waals surface area contributed by atoms with Gasteiger partial charge < -0.3 is 10.4 Å². The second-order valence-corrected chi connectivity index (χ2v) is 4.53. The van der Waals surface area contributed by atoms with Crippen molar-refractivity contribution in [3.8, 4) is 11.8 Å². The Bertz CT molecular complexity index is 596. The predicted molar refractivity (Wildman–Crippen MR) is 68.2 cm³/mol. The summed E-state index contributed by atoms with van der Waals surface area (Å²) in [6.45, 7) is 0.259. The molecule has 0 spiro atoms. The SMILES string of the molecule is O=C(NCc1nn[nH]n1)c1ccc(C#CCCO)s1. The third kappa shape index (κ3) is 3.87. The molecule has 98 valence electrons. The van der Waals surface area contributed by atoms with Gasteiger partial charge >= 0.3 is 0 Å². The van der Waals surface area contributed by atoms with E-state index < -0.39 is 0 Å². The van der Waals surface area contributed by atoms with Gasteiger partial charge in [0.1, 0.15) is 0 Å². The maximum atomic E-state index is 11.8. The molecular formula is C11H11N5O2S. The molecular weight excluding hydrogens is 266 g/mol. The number of tetrazole rings is 1. The van der Waals surface area contributed by atoms with Crippen LogP contribution >= 0.6 is 11.3 Å². The minimum Gasteiger partial charge on any atom is -0.395 e. The molecule has 0 bridgehead atoms. The molecule has 0 atom stereocenters. The van der Waals surface area contributed by atoms with Gasteiger partial charge in [0.2, 0.25) is 0 Å². The van der Waals surface area contributed by atoms with E-state index in [4.69, 9.17) is 5.11 Å². The molecule has 0 saturated heterocycles. The number of H-pyrrole nitrogens is 1. The van der Waals surface area contributed by atoms with Gasteiger partial charge in [0, 0.05) is 6.42 Å². The van der Waals surface area contributed by atoms with Crippen molar-refractivity contribution in [1.82, 2.24) is 25.9 Å². The van der Waals surface area contributed by atoms with E-state index in [-0.39, 0.29) is 19.1 Å². The first-order valence-corrected chi connectivity index (χ1v) is 6.31. The molecule has 0 aromatic carbocycles. The summed E-state index contributed by atoms with van der Waals surface area (Å²) in [6, 6.07) is 3.48. The van der Waals surface area contributed by atoms with Crippen molar-refractivity contribution in [2.75, 3.05) is 6.61 Å². The largest absolute Gasteiger partial charge is 0.395 e. The van der Waals surface area contributed by atoms with Gasteiger partial charge in [-0.05, 0) is 12.1 Å². The first-order chi connectivity index (χ1) is 9.29. The molecule has 0 fully saturated rings. The van der Waals surface area contributed by atoms with E-state index in [2.05, 4.69) is 37.8 Å². The molecule has 0 aliphatic rings. The number of hydrogen-bond donors (Lipinski definition) is 3. The summed E-state index contributed by atoms with van der Waals surface area (Å²) in [5, 5.41) is 24.5. The van der Waals surface area contributed by atoms with Crippen molar-refractivity contribution in [3.63, 3.8) is 0 Å². The quantitative estimate of drug-likeness (QED) is 0.678. The number of aliphatic hydroxyl groups is 1. The maximum absolute atomic E-state index is 11.8. The molecule has 0 aliphatic carbocycles. The van der Waals surface area contributed by atoms with E-state index in [1.165, 1.54) is 11.3 Å². The number of amides is 1. The molecule has 8 heteroatoms. The Labute approximate surface area is 113 Å². The van der Waals surface area contributed by atoms with Crippen LogP contribution in [0.2, 0.25) is 0 Å². The topological polar surface area (TPSA) is 104 Å². The van der Waals surface area contributed by atoms with E-state index in [0.29, 0.717) is 17.1 Å². The number of rotatable bonds is 4. The average Bonchev–Trinajstić information content (AvgIpc) is 3.07. The minimum atomic E-state index is -0.204. The van der Waals surface area contributed by atoms with Gasteiger partial charge in [-0.3, -0.25) is 4.79 Å². The third-order valence-electron chi connectivity index (χ3n) is 2.07. The maximum Gasteiger partial charge on any atom is 0.261 e. The highest BCUT2D eigenvalue weighted by molar-refractivity contribution is 7.14. The lowest BCUT2D eigenvalue weighted by molar-refractivity contribution is 0.0954.